The van der Waals surface area contributed by atoms with Gasteiger partial charge in [-0.2, -0.15) is 18.3 Å². The Labute approximate surface area is 142 Å². The van der Waals surface area contributed by atoms with Crippen molar-refractivity contribution in [3.8, 4) is 5.69 Å². The first-order valence-electron chi connectivity index (χ1n) is 7.47. The van der Waals surface area contributed by atoms with E-state index < -0.39 is 18.6 Å². The molecule has 0 bridgehead atoms. The summed E-state index contributed by atoms with van der Waals surface area (Å²) in [6.07, 6.45) is -0.568. The van der Waals surface area contributed by atoms with Gasteiger partial charge >= 0.3 is 6.18 Å². The molecular weight excluding hydrogens is 343 g/mol. The molecule has 0 aliphatic rings. The molecule has 0 saturated carbocycles. The SMILES string of the molecule is CCCCN(CC(F)(F)F)C(=O)c1cnn(-c2cccc(Cl)c2)c1. The number of hydrogen-bond acceptors (Lipinski definition) is 2. The molecule has 1 amide bonds. The van der Waals surface area contributed by atoms with Crippen molar-refractivity contribution in [2.75, 3.05) is 13.1 Å². The average molecular weight is 360 g/mol. The summed E-state index contributed by atoms with van der Waals surface area (Å²) in [6, 6.07) is 6.79. The van der Waals surface area contributed by atoms with Crippen molar-refractivity contribution < 1.29 is 18.0 Å². The van der Waals surface area contributed by atoms with Gasteiger partial charge in [-0.25, -0.2) is 4.68 Å². The standard InChI is InChI=1S/C16H17ClF3N3O/c1-2-3-7-22(11-16(18,19)20)15(24)12-9-21-23(10-12)14-6-4-5-13(17)8-14/h4-6,8-10H,2-3,7,11H2,1H3. The highest BCUT2D eigenvalue weighted by molar-refractivity contribution is 6.30. The minimum Gasteiger partial charge on any atom is -0.329 e. The minimum absolute atomic E-state index is 0.0528. The van der Waals surface area contributed by atoms with E-state index in [1.165, 1.54) is 17.1 Å². The molecule has 0 saturated heterocycles. The summed E-state index contributed by atoms with van der Waals surface area (Å²) in [5.74, 6) is -0.686. The first-order valence-corrected chi connectivity index (χ1v) is 7.84. The molecule has 1 aromatic heterocycles. The molecule has 0 aliphatic carbocycles. The maximum absolute atomic E-state index is 12.7. The third-order valence-corrected chi connectivity index (χ3v) is 3.58. The van der Waals surface area contributed by atoms with Crippen molar-refractivity contribution in [3.05, 3.63) is 47.2 Å². The molecule has 0 atom stereocenters. The van der Waals surface area contributed by atoms with E-state index in [-0.39, 0.29) is 12.1 Å². The molecule has 2 aromatic rings. The molecule has 130 valence electrons. The number of carbonyl (C=O) groups excluding carboxylic acids is 1. The van der Waals surface area contributed by atoms with Gasteiger partial charge in [-0.05, 0) is 24.6 Å². The lowest BCUT2D eigenvalue weighted by Gasteiger charge is -2.23. The lowest BCUT2D eigenvalue weighted by Crippen LogP contribution is -2.39. The topological polar surface area (TPSA) is 38.1 Å². The Balaban J connectivity index is 2.20. The third kappa shape index (κ3) is 4.99. The molecule has 0 fully saturated rings. The molecule has 0 unspecified atom stereocenters. The molecule has 2 rings (SSSR count). The van der Waals surface area contributed by atoms with Gasteiger partial charge in [0, 0.05) is 17.8 Å². The van der Waals surface area contributed by atoms with Gasteiger partial charge in [0.05, 0.1) is 17.4 Å². The minimum atomic E-state index is -4.44. The average Bonchev–Trinajstić information content (AvgIpc) is 2.99. The van der Waals surface area contributed by atoms with Crippen LogP contribution in [0.25, 0.3) is 5.69 Å². The van der Waals surface area contributed by atoms with Gasteiger partial charge in [0.2, 0.25) is 0 Å². The van der Waals surface area contributed by atoms with E-state index in [2.05, 4.69) is 5.10 Å². The normalized spacial score (nSPS) is 11.5. The van der Waals surface area contributed by atoms with E-state index in [9.17, 15) is 18.0 Å². The van der Waals surface area contributed by atoms with E-state index >= 15 is 0 Å². The number of rotatable bonds is 6. The monoisotopic (exact) mass is 359 g/mol. The summed E-state index contributed by atoms with van der Waals surface area (Å²) in [7, 11) is 0. The highest BCUT2D eigenvalue weighted by Gasteiger charge is 2.33. The number of alkyl halides is 3. The third-order valence-electron chi connectivity index (χ3n) is 3.34. The predicted molar refractivity (Wildman–Crippen MR) is 85.4 cm³/mol. The number of amides is 1. The van der Waals surface area contributed by atoms with Crippen LogP contribution in [0.4, 0.5) is 13.2 Å². The molecule has 0 N–H and O–H groups in total. The van der Waals surface area contributed by atoms with Crippen LogP contribution >= 0.6 is 11.6 Å². The second-order valence-electron chi connectivity index (χ2n) is 5.35. The van der Waals surface area contributed by atoms with Crippen LogP contribution < -0.4 is 0 Å². The fourth-order valence-electron chi connectivity index (χ4n) is 2.19. The van der Waals surface area contributed by atoms with Crippen LogP contribution in [0.1, 0.15) is 30.1 Å². The zero-order valence-corrected chi connectivity index (χ0v) is 13.8. The van der Waals surface area contributed by atoms with E-state index in [1.54, 1.807) is 24.3 Å². The summed E-state index contributed by atoms with van der Waals surface area (Å²) >= 11 is 5.90. The number of aromatic nitrogens is 2. The quantitative estimate of drug-likeness (QED) is 0.770. The maximum Gasteiger partial charge on any atom is 0.406 e. The second-order valence-corrected chi connectivity index (χ2v) is 5.79. The fraction of sp³-hybridized carbons (Fsp3) is 0.375. The second kappa shape index (κ2) is 7.70. The molecule has 0 radical (unpaired) electrons. The lowest BCUT2D eigenvalue weighted by atomic mass is 10.2. The number of nitrogens with zero attached hydrogens (tertiary/aromatic N) is 3. The van der Waals surface area contributed by atoms with Crippen LogP contribution in [-0.2, 0) is 0 Å². The first kappa shape index (κ1) is 18.3. The Bertz CT molecular complexity index is 700. The Morgan fingerprint density at radius 1 is 1.38 bits per heavy atom. The van der Waals surface area contributed by atoms with Crippen LogP contribution in [0, 0.1) is 0 Å². The first-order chi connectivity index (χ1) is 11.3. The van der Waals surface area contributed by atoms with Gasteiger partial charge in [-0.15, -0.1) is 0 Å². The van der Waals surface area contributed by atoms with Gasteiger partial charge < -0.3 is 4.90 Å². The number of halogens is 4. The van der Waals surface area contributed by atoms with E-state index in [0.29, 0.717) is 23.6 Å². The van der Waals surface area contributed by atoms with Crippen molar-refractivity contribution in [1.29, 1.82) is 0 Å². The number of unbranched alkanes of at least 4 members (excludes halogenated alkanes) is 1. The largest absolute Gasteiger partial charge is 0.406 e. The van der Waals surface area contributed by atoms with Crippen molar-refractivity contribution >= 4 is 17.5 Å². The molecular formula is C16H17ClF3N3O. The Hall–Kier alpha value is -2.02. The fourth-order valence-corrected chi connectivity index (χ4v) is 2.38. The van der Waals surface area contributed by atoms with Gasteiger partial charge in [0.15, 0.2) is 0 Å². The zero-order chi connectivity index (χ0) is 17.7. The molecule has 8 heteroatoms. The van der Waals surface area contributed by atoms with Crippen LogP contribution in [0.15, 0.2) is 36.7 Å². The molecule has 24 heavy (non-hydrogen) atoms. The Morgan fingerprint density at radius 2 is 2.12 bits per heavy atom. The highest BCUT2D eigenvalue weighted by atomic mass is 35.5. The number of benzene rings is 1. The van der Waals surface area contributed by atoms with E-state index in [4.69, 9.17) is 11.6 Å². The Kier molecular flexibility index (Phi) is 5.88. The van der Waals surface area contributed by atoms with Gasteiger partial charge in [0.1, 0.15) is 6.54 Å². The van der Waals surface area contributed by atoms with Crippen LogP contribution in [-0.4, -0.2) is 39.9 Å². The summed E-state index contributed by atoms with van der Waals surface area (Å²) in [4.78, 5) is 13.2. The Morgan fingerprint density at radius 3 is 2.75 bits per heavy atom. The van der Waals surface area contributed by atoms with Crippen molar-refractivity contribution in [2.45, 2.75) is 25.9 Å². The lowest BCUT2D eigenvalue weighted by molar-refractivity contribution is -0.140. The maximum atomic E-state index is 12.7. The molecule has 4 nitrogen and oxygen atoms in total. The number of carbonyl (C=O) groups is 1. The number of hydrogen-bond donors (Lipinski definition) is 0. The molecule has 1 aromatic carbocycles. The molecule has 1 heterocycles. The van der Waals surface area contributed by atoms with Gasteiger partial charge in [-0.3, -0.25) is 4.79 Å². The van der Waals surface area contributed by atoms with Crippen LogP contribution in [0.2, 0.25) is 5.02 Å². The predicted octanol–water partition coefficient (Wildman–Crippen LogP) is 4.33. The van der Waals surface area contributed by atoms with Crippen LogP contribution in [0.3, 0.4) is 0 Å². The summed E-state index contributed by atoms with van der Waals surface area (Å²) in [5.41, 5.74) is 0.729. The van der Waals surface area contributed by atoms with Crippen molar-refractivity contribution in [3.63, 3.8) is 0 Å². The van der Waals surface area contributed by atoms with Gasteiger partial charge in [-0.1, -0.05) is 31.0 Å². The smallest absolute Gasteiger partial charge is 0.329 e. The summed E-state index contributed by atoms with van der Waals surface area (Å²) in [5, 5.41) is 4.53. The summed E-state index contributed by atoms with van der Waals surface area (Å²) in [6.45, 7) is 0.638. The highest BCUT2D eigenvalue weighted by Crippen LogP contribution is 2.20. The van der Waals surface area contributed by atoms with E-state index in [1.807, 2.05) is 6.92 Å². The summed E-state index contributed by atoms with van der Waals surface area (Å²) < 4.78 is 39.5. The van der Waals surface area contributed by atoms with Gasteiger partial charge in [0.25, 0.3) is 5.91 Å². The molecule has 0 spiro atoms. The van der Waals surface area contributed by atoms with E-state index in [0.717, 1.165) is 4.90 Å². The van der Waals surface area contributed by atoms with Crippen LogP contribution in [0.5, 0.6) is 0 Å². The van der Waals surface area contributed by atoms with Crippen molar-refractivity contribution in [2.24, 2.45) is 0 Å². The van der Waals surface area contributed by atoms with Crippen molar-refractivity contribution in [1.82, 2.24) is 14.7 Å². The molecule has 0 aliphatic heterocycles. The zero-order valence-electron chi connectivity index (χ0n) is 13.1.